The lowest BCUT2D eigenvalue weighted by Crippen LogP contribution is -2.08. The fourth-order valence-electron chi connectivity index (χ4n) is 2.42. The van der Waals surface area contributed by atoms with Gasteiger partial charge in [0.15, 0.2) is 5.78 Å². The average molecular weight is 347 g/mol. The molecule has 1 atom stereocenters. The van der Waals surface area contributed by atoms with Gasteiger partial charge < -0.3 is 4.74 Å². The van der Waals surface area contributed by atoms with Gasteiger partial charge in [-0.15, -0.1) is 0 Å². The molecule has 2 aromatic rings. The number of methoxy groups -OCH3 is 1. The van der Waals surface area contributed by atoms with Crippen LogP contribution >= 0.6 is 15.9 Å². The van der Waals surface area contributed by atoms with E-state index in [-0.39, 0.29) is 11.7 Å². The molecule has 0 aliphatic rings. The zero-order valence-electron chi connectivity index (χ0n) is 12.3. The molecule has 0 aromatic heterocycles. The maximum Gasteiger partial charge on any atom is 0.163 e. The molecule has 3 heteroatoms. The molecular formula is C18H19BrO2. The molecule has 0 spiro atoms. The summed E-state index contributed by atoms with van der Waals surface area (Å²) < 4.78 is 6.25. The monoisotopic (exact) mass is 346 g/mol. The third-order valence-electron chi connectivity index (χ3n) is 3.66. The van der Waals surface area contributed by atoms with Crippen LogP contribution < -0.4 is 4.74 Å². The number of carbonyl (C=O) groups is 1. The summed E-state index contributed by atoms with van der Waals surface area (Å²) in [5.41, 5.74) is 1.90. The number of carbonyl (C=O) groups excluding carboxylic acids is 1. The quantitative estimate of drug-likeness (QED) is 0.670. The lowest BCUT2D eigenvalue weighted by atomic mass is 9.89. The van der Waals surface area contributed by atoms with E-state index in [1.807, 2.05) is 36.4 Å². The zero-order chi connectivity index (χ0) is 15.2. The van der Waals surface area contributed by atoms with Crippen molar-refractivity contribution in [2.75, 3.05) is 7.11 Å². The highest BCUT2D eigenvalue weighted by molar-refractivity contribution is 9.10. The van der Waals surface area contributed by atoms with Crippen molar-refractivity contribution in [1.29, 1.82) is 0 Å². The summed E-state index contributed by atoms with van der Waals surface area (Å²) in [5.74, 6) is 1.09. The molecular weight excluding hydrogens is 328 g/mol. The molecule has 0 bridgehead atoms. The van der Waals surface area contributed by atoms with Gasteiger partial charge in [0.1, 0.15) is 5.75 Å². The van der Waals surface area contributed by atoms with Crippen LogP contribution in [-0.2, 0) is 0 Å². The first-order valence-electron chi connectivity index (χ1n) is 7.07. The van der Waals surface area contributed by atoms with Crippen molar-refractivity contribution in [3.8, 4) is 5.75 Å². The van der Waals surface area contributed by atoms with E-state index in [1.54, 1.807) is 13.2 Å². The number of ether oxygens (including phenoxy) is 1. The number of ketones is 1. The molecule has 0 radical (unpaired) electrons. The van der Waals surface area contributed by atoms with E-state index >= 15 is 0 Å². The van der Waals surface area contributed by atoms with E-state index in [4.69, 9.17) is 4.74 Å². The minimum atomic E-state index is 0.150. The summed E-state index contributed by atoms with van der Waals surface area (Å²) >= 11 is 3.58. The Morgan fingerprint density at radius 3 is 2.62 bits per heavy atom. The van der Waals surface area contributed by atoms with Gasteiger partial charge in [-0.2, -0.15) is 0 Å². The highest BCUT2D eigenvalue weighted by atomic mass is 79.9. The molecule has 0 N–H and O–H groups in total. The summed E-state index contributed by atoms with van der Waals surface area (Å²) in [4.78, 5) is 12.5. The largest absolute Gasteiger partial charge is 0.497 e. The van der Waals surface area contributed by atoms with Crippen LogP contribution in [-0.4, -0.2) is 12.9 Å². The van der Waals surface area contributed by atoms with Gasteiger partial charge in [-0.1, -0.05) is 53.2 Å². The van der Waals surface area contributed by atoms with Crippen molar-refractivity contribution in [3.63, 3.8) is 0 Å². The Bertz CT molecular complexity index is 622. The highest BCUT2D eigenvalue weighted by Gasteiger charge is 2.17. The first-order valence-corrected chi connectivity index (χ1v) is 7.86. The second kappa shape index (κ2) is 7.41. The summed E-state index contributed by atoms with van der Waals surface area (Å²) in [6.45, 7) is 2.11. The van der Waals surface area contributed by atoms with E-state index in [2.05, 4.69) is 28.9 Å². The SMILES string of the molecule is CC[C@H](CC(=O)c1cccc(OC)c1)c1ccccc1Br. The molecule has 0 unspecified atom stereocenters. The standard InChI is InChI=1S/C18H19BrO2/c1-3-13(16-9-4-5-10-17(16)19)12-18(20)14-7-6-8-15(11-14)21-2/h4-11,13H,3,12H2,1-2H3/t13-/m1/s1. The van der Waals surface area contributed by atoms with Crippen molar-refractivity contribution in [2.45, 2.75) is 25.7 Å². The van der Waals surface area contributed by atoms with Gasteiger partial charge in [0.2, 0.25) is 0 Å². The number of benzene rings is 2. The molecule has 0 saturated heterocycles. The molecule has 2 aromatic carbocycles. The molecule has 0 saturated carbocycles. The van der Waals surface area contributed by atoms with E-state index < -0.39 is 0 Å². The third kappa shape index (κ3) is 3.94. The van der Waals surface area contributed by atoms with Gasteiger partial charge in [0.25, 0.3) is 0 Å². The number of halogens is 1. The van der Waals surface area contributed by atoms with Crippen LogP contribution in [0.4, 0.5) is 0 Å². The minimum absolute atomic E-state index is 0.150. The molecule has 0 aliphatic carbocycles. The van der Waals surface area contributed by atoms with Crippen molar-refractivity contribution < 1.29 is 9.53 Å². The van der Waals surface area contributed by atoms with Crippen LogP contribution in [0.15, 0.2) is 53.0 Å². The second-order valence-corrected chi connectivity index (χ2v) is 5.84. The Balaban J connectivity index is 2.18. The smallest absolute Gasteiger partial charge is 0.163 e. The van der Waals surface area contributed by atoms with Gasteiger partial charge in [-0.05, 0) is 36.1 Å². The predicted molar refractivity (Wildman–Crippen MR) is 89.1 cm³/mol. The van der Waals surface area contributed by atoms with E-state index in [0.29, 0.717) is 12.0 Å². The van der Waals surface area contributed by atoms with Crippen LogP contribution in [0.25, 0.3) is 0 Å². The highest BCUT2D eigenvalue weighted by Crippen LogP contribution is 2.31. The van der Waals surface area contributed by atoms with Crippen molar-refractivity contribution >= 4 is 21.7 Å². The zero-order valence-corrected chi connectivity index (χ0v) is 13.9. The minimum Gasteiger partial charge on any atom is -0.497 e. The normalized spacial score (nSPS) is 12.0. The fourth-order valence-corrected chi connectivity index (χ4v) is 3.03. The first-order chi connectivity index (χ1) is 10.2. The first kappa shape index (κ1) is 15.8. The van der Waals surface area contributed by atoms with E-state index in [0.717, 1.165) is 16.6 Å². The van der Waals surface area contributed by atoms with Crippen LogP contribution in [0.1, 0.15) is 41.6 Å². The maximum atomic E-state index is 12.5. The van der Waals surface area contributed by atoms with Gasteiger partial charge in [0.05, 0.1) is 7.11 Å². The molecule has 2 nitrogen and oxygen atoms in total. The Morgan fingerprint density at radius 1 is 1.19 bits per heavy atom. The van der Waals surface area contributed by atoms with E-state index in [9.17, 15) is 4.79 Å². The Hall–Kier alpha value is -1.61. The number of hydrogen-bond donors (Lipinski definition) is 0. The summed E-state index contributed by atoms with van der Waals surface area (Å²) in [5, 5.41) is 0. The molecule has 0 amide bonds. The van der Waals surface area contributed by atoms with E-state index in [1.165, 1.54) is 5.56 Å². The van der Waals surface area contributed by atoms with Crippen LogP contribution in [0, 0.1) is 0 Å². The molecule has 0 aliphatic heterocycles. The van der Waals surface area contributed by atoms with Gasteiger partial charge in [0, 0.05) is 16.5 Å². The van der Waals surface area contributed by atoms with Crippen molar-refractivity contribution in [3.05, 3.63) is 64.1 Å². The fraction of sp³-hybridized carbons (Fsp3) is 0.278. The third-order valence-corrected chi connectivity index (χ3v) is 4.38. The lowest BCUT2D eigenvalue weighted by Gasteiger charge is -2.16. The van der Waals surface area contributed by atoms with Gasteiger partial charge in [-0.25, -0.2) is 0 Å². The molecule has 110 valence electrons. The van der Waals surface area contributed by atoms with Gasteiger partial charge >= 0.3 is 0 Å². The molecule has 21 heavy (non-hydrogen) atoms. The van der Waals surface area contributed by atoms with Gasteiger partial charge in [-0.3, -0.25) is 4.79 Å². The second-order valence-electron chi connectivity index (χ2n) is 4.99. The summed E-state index contributed by atoms with van der Waals surface area (Å²) in [6.07, 6.45) is 1.44. The topological polar surface area (TPSA) is 26.3 Å². The molecule has 0 heterocycles. The number of rotatable bonds is 6. The Labute approximate surface area is 134 Å². The summed E-state index contributed by atoms with van der Waals surface area (Å²) in [6, 6.07) is 15.5. The maximum absolute atomic E-state index is 12.5. The predicted octanol–water partition coefficient (Wildman–Crippen LogP) is 5.22. The Morgan fingerprint density at radius 2 is 1.95 bits per heavy atom. The van der Waals surface area contributed by atoms with Crippen molar-refractivity contribution in [1.82, 2.24) is 0 Å². The summed E-state index contributed by atoms with van der Waals surface area (Å²) in [7, 11) is 1.61. The average Bonchev–Trinajstić information content (AvgIpc) is 2.53. The lowest BCUT2D eigenvalue weighted by molar-refractivity contribution is 0.0972. The number of Topliss-reactive ketones (excluding diaryl/α,β-unsaturated/α-hetero) is 1. The number of hydrogen-bond acceptors (Lipinski definition) is 2. The molecule has 0 fully saturated rings. The van der Waals surface area contributed by atoms with Crippen LogP contribution in [0.5, 0.6) is 5.75 Å². The molecule has 2 rings (SSSR count). The van der Waals surface area contributed by atoms with Crippen molar-refractivity contribution in [2.24, 2.45) is 0 Å². The Kier molecular flexibility index (Phi) is 5.57. The van der Waals surface area contributed by atoms with Crippen LogP contribution in [0.2, 0.25) is 0 Å². The van der Waals surface area contributed by atoms with Crippen LogP contribution in [0.3, 0.4) is 0 Å².